The van der Waals surface area contributed by atoms with Gasteiger partial charge in [-0.1, -0.05) is 18.2 Å². The lowest BCUT2D eigenvalue weighted by atomic mass is 10.2. The molecule has 1 aliphatic rings. The number of hydrogen-bond acceptors (Lipinski definition) is 3. The summed E-state index contributed by atoms with van der Waals surface area (Å²) in [5.74, 6) is 1.05. The van der Waals surface area contributed by atoms with Crippen LogP contribution in [0.15, 0.2) is 36.5 Å². The van der Waals surface area contributed by atoms with Crippen LogP contribution in [0, 0.1) is 6.92 Å². The van der Waals surface area contributed by atoms with Gasteiger partial charge in [0.25, 0.3) is 0 Å². The summed E-state index contributed by atoms with van der Waals surface area (Å²) in [4.78, 5) is 7.00. The van der Waals surface area contributed by atoms with E-state index in [2.05, 4.69) is 57.9 Å². The quantitative estimate of drug-likeness (QED) is 0.926. The van der Waals surface area contributed by atoms with Crippen molar-refractivity contribution in [2.75, 3.05) is 19.6 Å². The van der Waals surface area contributed by atoms with Gasteiger partial charge in [0, 0.05) is 37.9 Å². The summed E-state index contributed by atoms with van der Waals surface area (Å²) in [5.41, 5.74) is 2.46. The monoisotopic (exact) mass is 270 g/mol. The van der Waals surface area contributed by atoms with Crippen LogP contribution in [0.1, 0.15) is 18.4 Å². The molecule has 0 unspecified atom stereocenters. The van der Waals surface area contributed by atoms with Gasteiger partial charge in [0.05, 0.1) is 11.9 Å². The maximum Gasteiger partial charge on any atom is 0.110 e. The van der Waals surface area contributed by atoms with E-state index < -0.39 is 0 Å². The van der Waals surface area contributed by atoms with Crippen molar-refractivity contribution in [3.63, 3.8) is 0 Å². The molecular weight excluding hydrogens is 248 g/mol. The zero-order valence-electron chi connectivity index (χ0n) is 12.2. The highest BCUT2D eigenvalue weighted by Crippen LogP contribution is 2.16. The minimum absolute atomic E-state index is 0.568. The Morgan fingerprint density at radius 3 is 2.85 bits per heavy atom. The molecule has 1 aromatic heterocycles. The smallest absolute Gasteiger partial charge is 0.110 e. The molecule has 0 radical (unpaired) electrons. The summed E-state index contributed by atoms with van der Waals surface area (Å²) in [6, 6.07) is 11.0. The molecule has 1 N–H and O–H groups in total. The zero-order valence-corrected chi connectivity index (χ0v) is 12.2. The Morgan fingerprint density at radius 1 is 1.30 bits per heavy atom. The number of nitrogens with zero attached hydrogens (tertiary/aromatic N) is 3. The van der Waals surface area contributed by atoms with Gasteiger partial charge in [-0.15, -0.1) is 0 Å². The molecule has 1 fully saturated rings. The molecule has 1 saturated heterocycles. The fourth-order valence-corrected chi connectivity index (χ4v) is 2.92. The van der Waals surface area contributed by atoms with Crippen LogP contribution in [0.5, 0.6) is 0 Å². The Bertz CT molecular complexity index is 561. The SMILES string of the molecule is Cc1ncc(CN2CCN[C@@H](C)C2)n1-c1ccccc1. The number of aryl methyl sites for hydroxylation is 1. The third-order valence-electron chi connectivity index (χ3n) is 3.86. The average Bonchev–Trinajstić information content (AvgIpc) is 2.81. The standard InChI is InChI=1S/C16H22N4/c1-13-11-19(9-8-17-13)12-16-10-18-14(2)20(16)15-6-4-3-5-7-15/h3-7,10,13,17H,8-9,11-12H2,1-2H3/t13-/m0/s1. The molecule has 106 valence electrons. The number of benzene rings is 1. The van der Waals surface area contributed by atoms with E-state index in [1.807, 2.05) is 12.3 Å². The van der Waals surface area contributed by atoms with Gasteiger partial charge in [-0.3, -0.25) is 9.47 Å². The number of imidazole rings is 1. The fraction of sp³-hybridized carbons (Fsp3) is 0.438. The van der Waals surface area contributed by atoms with Crippen molar-refractivity contribution >= 4 is 0 Å². The topological polar surface area (TPSA) is 33.1 Å². The van der Waals surface area contributed by atoms with Crippen LogP contribution >= 0.6 is 0 Å². The summed E-state index contributed by atoms with van der Waals surface area (Å²) in [7, 11) is 0. The molecule has 0 saturated carbocycles. The van der Waals surface area contributed by atoms with Crippen LogP contribution in [-0.2, 0) is 6.54 Å². The van der Waals surface area contributed by atoms with Crippen molar-refractivity contribution in [1.29, 1.82) is 0 Å². The molecule has 2 heterocycles. The van der Waals surface area contributed by atoms with E-state index in [1.165, 1.54) is 11.4 Å². The normalized spacial score (nSPS) is 20.2. The van der Waals surface area contributed by atoms with Crippen molar-refractivity contribution in [3.8, 4) is 5.69 Å². The molecule has 4 heteroatoms. The van der Waals surface area contributed by atoms with Crippen LogP contribution in [0.4, 0.5) is 0 Å². The minimum atomic E-state index is 0.568. The number of hydrogen-bond donors (Lipinski definition) is 1. The first-order chi connectivity index (χ1) is 9.74. The highest BCUT2D eigenvalue weighted by atomic mass is 15.2. The average molecular weight is 270 g/mol. The Morgan fingerprint density at radius 2 is 2.10 bits per heavy atom. The van der Waals surface area contributed by atoms with E-state index in [4.69, 9.17) is 0 Å². The number of para-hydroxylation sites is 1. The van der Waals surface area contributed by atoms with Gasteiger partial charge >= 0.3 is 0 Å². The van der Waals surface area contributed by atoms with Gasteiger partial charge < -0.3 is 5.32 Å². The van der Waals surface area contributed by atoms with Crippen molar-refractivity contribution in [2.45, 2.75) is 26.4 Å². The van der Waals surface area contributed by atoms with Crippen molar-refractivity contribution in [3.05, 3.63) is 48.0 Å². The van der Waals surface area contributed by atoms with Gasteiger partial charge in [-0.25, -0.2) is 4.98 Å². The van der Waals surface area contributed by atoms with Gasteiger partial charge in [0.2, 0.25) is 0 Å². The molecule has 20 heavy (non-hydrogen) atoms. The summed E-state index contributed by atoms with van der Waals surface area (Å²) < 4.78 is 2.26. The Balaban J connectivity index is 1.84. The van der Waals surface area contributed by atoms with Crippen molar-refractivity contribution in [2.24, 2.45) is 0 Å². The predicted octanol–water partition coefficient (Wildman–Crippen LogP) is 1.97. The van der Waals surface area contributed by atoms with Crippen molar-refractivity contribution in [1.82, 2.24) is 19.8 Å². The Kier molecular flexibility index (Phi) is 3.85. The lowest BCUT2D eigenvalue weighted by Gasteiger charge is -2.31. The van der Waals surface area contributed by atoms with E-state index in [9.17, 15) is 0 Å². The van der Waals surface area contributed by atoms with Gasteiger partial charge in [-0.05, 0) is 26.0 Å². The first-order valence-electron chi connectivity index (χ1n) is 7.28. The second-order valence-corrected chi connectivity index (χ2v) is 5.56. The highest BCUT2D eigenvalue weighted by Gasteiger charge is 2.18. The second kappa shape index (κ2) is 5.77. The van der Waals surface area contributed by atoms with E-state index in [0.717, 1.165) is 32.0 Å². The zero-order chi connectivity index (χ0) is 13.9. The van der Waals surface area contributed by atoms with Gasteiger partial charge in [0.15, 0.2) is 0 Å². The third-order valence-corrected chi connectivity index (χ3v) is 3.86. The summed E-state index contributed by atoms with van der Waals surface area (Å²) >= 11 is 0. The second-order valence-electron chi connectivity index (χ2n) is 5.56. The first-order valence-corrected chi connectivity index (χ1v) is 7.28. The minimum Gasteiger partial charge on any atom is -0.312 e. The molecule has 1 aromatic carbocycles. The number of rotatable bonds is 3. The fourth-order valence-electron chi connectivity index (χ4n) is 2.92. The first kappa shape index (κ1) is 13.3. The lowest BCUT2D eigenvalue weighted by Crippen LogP contribution is -2.48. The summed E-state index contributed by atoms with van der Waals surface area (Å²) in [5, 5.41) is 3.49. The van der Waals surface area contributed by atoms with E-state index in [-0.39, 0.29) is 0 Å². The van der Waals surface area contributed by atoms with E-state index in [1.54, 1.807) is 0 Å². The number of aromatic nitrogens is 2. The number of nitrogens with one attached hydrogen (secondary N) is 1. The van der Waals surface area contributed by atoms with Gasteiger partial charge in [0.1, 0.15) is 5.82 Å². The Labute approximate surface area is 120 Å². The van der Waals surface area contributed by atoms with Crippen LogP contribution in [-0.4, -0.2) is 40.1 Å². The molecule has 0 bridgehead atoms. The highest BCUT2D eigenvalue weighted by molar-refractivity contribution is 5.35. The van der Waals surface area contributed by atoms with E-state index >= 15 is 0 Å². The lowest BCUT2D eigenvalue weighted by molar-refractivity contribution is 0.197. The molecule has 1 aliphatic heterocycles. The summed E-state index contributed by atoms with van der Waals surface area (Å²) in [6.07, 6.45) is 2.01. The maximum atomic E-state index is 4.50. The van der Waals surface area contributed by atoms with Crippen LogP contribution in [0.3, 0.4) is 0 Å². The molecule has 3 rings (SSSR count). The van der Waals surface area contributed by atoms with E-state index in [0.29, 0.717) is 6.04 Å². The molecule has 2 aromatic rings. The molecule has 0 aliphatic carbocycles. The third kappa shape index (κ3) is 2.76. The van der Waals surface area contributed by atoms with Crippen LogP contribution in [0.2, 0.25) is 0 Å². The number of piperazine rings is 1. The largest absolute Gasteiger partial charge is 0.312 e. The van der Waals surface area contributed by atoms with Crippen LogP contribution < -0.4 is 5.32 Å². The Hall–Kier alpha value is -1.65. The molecular formula is C16H22N4. The summed E-state index contributed by atoms with van der Waals surface area (Å²) in [6.45, 7) is 8.53. The van der Waals surface area contributed by atoms with Crippen molar-refractivity contribution < 1.29 is 0 Å². The predicted molar refractivity (Wildman–Crippen MR) is 81.0 cm³/mol. The molecule has 1 atom stereocenters. The molecule has 0 spiro atoms. The van der Waals surface area contributed by atoms with Gasteiger partial charge in [-0.2, -0.15) is 0 Å². The molecule has 4 nitrogen and oxygen atoms in total. The maximum absolute atomic E-state index is 4.50. The van der Waals surface area contributed by atoms with Crippen LogP contribution in [0.25, 0.3) is 5.69 Å². The molecule has 0 amide bonds.